The van der Waals surface area contributed by atoms with E-state index in [4.69, 9.17) is 5.73 Å². The van der Waals surface area contributed by atoms with Crippen LogP contribution in [0.15, 0.2) is 18.5 Å². The van der Waals surface area contributed by atoms with Gasteiger partial charge in [0, 0.05) is 49.9 Å². The van der Waals surface area contributed by atoms with Crippen LogP contribution < -0.4 is 11.1 Å². The quantitative estimate of drug-likeness (QED) is 0.789. The first-order chi connectivity index (χ1) is 11.2. The van der Waals surface area contributed by atoms with Crippen LogP contribution in [-0.4, -0.2) is 37.1 Å². The fraction of sp³-hybridized carbons (Fsp3) is 0.688. The van der Waals surface area contributed by atoms with Crippen molar-refractivity contribution in [3.8, 4) is 0 Å². The van der Waals surface area contributed by atoms with Gasteiger partial charge in [0.05, 0.1) is 6.54 Å². The molecule has 124 valence electrons. The van der Waals surface area contributed by atoms with Crippen molar-refractivity contribution in [2.45, 2.75) is 50.7 Å². The summed E-state index contributed by atoms with van der Waals surface area (Å²) in [4.78, 5) is 0. The average molecular weight is 315 g/mol. The number of nitrogens with one attached hydrogen (secondary N) is 1. The molecule has 2 heterocycles. The molecule has 0 atom stereocenters. The van der Waals surface area contributed by atoms with E-state index in [0.29, 0.717) is 17.4 Å². The van der Waals surface area contributed by atoms with Gasteiger partial charge in [-0.05, 0) is 31.7 Å². The lowest BCUT2D eigenvalue weighted by molar-refractivity contribution is 0.331. The summed E-state index contributed by atoms with van der Waals surface area (Å²) in [5.41, 5.74) is 6.25. The number of nitrogens with two attached hydrogens (primary N) is 1. The molecule has 2 aliphatic carbocycles. The molecule has 0 unspecified atom stereocenters. The molecule has 0 radical (unpaired) electrons. The van der Waals surface area contributed by atoms with Gasteiger partial charge in [-0.1, -0.05) is 0 Å². The van der Waals surface area contributed by atoms with Crippen LogP contribution in [0.4, 0.5) is 0 Å². The van der Waals surface area contributed by atoms with Crippen LogP contribution in [0.5, 0.6) is 0 Å². The summed E-state index contributed by atoms with van der Waals surface area (Å²) in [6, 6.07) is 2.33. The number of nitrogens with zero attached hydrogens (tertiary/aromatic N) is 5. The molecule has 2 saturated carbocycles. The van der Waals surface area contributed by atoms with E-state index in [0.717, 1.165) is 44.1 Å². The largest absolute Gasteiger partial charge is 0.328 e. The van der Waals surface area contributed by atoms with Gasteiger partial charge in [0.25, 0.3) is 0 Å². The molecular formula is C16H25N7. The predicted molar refractivity (Wildman–Crippen MR) is 86.6 cm³/mol. The van der Waals surface area contributed by atoms with E-state index in [2.05, 4.69) is 32.2 Å². The van der Waals surface area contributed by atoms with Crippen LogP contribution >= 0.6 is 0 Å². The lowest BCUT2D eigenvalue weighted by Gasteiger charge is -2.31. The van der Waals surface area contributed by atoms with Crippen molar-refractivity contribution in [2.75, 3.05) is 6.54 Å². The molecular weight excluding hydrogens is 290 g/mol. The number of hydrogen-bond donors (Lipinski definition) is 2. The van der Waals surface area contributed by atoms with Crippen LogP contribution in [0.2, 0.25) is 0 Å². The third-order valence-corrected chi connectivity index (χ3v) is 5.34. The summed E-state index contributed by atoms with van der Waals surface area (Å²) in [6.45, 7) is 2.77. The van der Waals surface area contributed by atoms with E-state index in [1.165, 1.54) is 12.8 Å². The Morgan fingerprint density at radius 1 is 1.35 bits per heavy atom. The van der Waals surface area contributed by atoms with Crippen molar-refractivity contribution in [3.63, 3.8) is 0 Å². The first-order valence-corrected chi connectivity index (χ1v) is 8.47. The summed E-state index contributed by atoms with van der Waals surface area (Å²) in [6.07, 6.45) is 8.49. The molecule has 2 aromatic rings. The van der Waals surface area contributed by atoms with Gasteiger partial charge in [0.15, 0.2) is 0 Å². The SMILES string of the molecule is Cn1c(CNCC2(Cn3cccn3)CC2)nnc1C1CC(N)C1. The second-order valence-electron chi connectivity index (χ2n) is 7.27. The average Bonchev–Trinajstić information content (AvgIpc) is 2.90. The Morgan fingerprint density at radius 2 is 2.17 bits per heavy atom. The lowest BCUT2D eigenvalue weighted by Crippen LogP contribution is -2.36. The van der Waals surface area contributed by atoms with Crippen molar-refractivity contribution in [1.29, 1.82) is 0 Å². The third kappa shape index (κ3) is 3.03. The Kier molecular flexibility index (Phi) is 3.69. The number of hydrogen-bond acceptors (Lipinski definition) is 5. The molecule has 2 aromatic heterocycles. The van der Waals surface area contributed by atoms with Gasteiger partial charge in [-0.3, -0.25) is 4.68 Å². The Balaban J connectivity index is 1.30. The molecule has 0 aromatic carbocycles. The van der Waals surface area contributed by atoms with E-state index in [1.807, 2.05) is 23.1 Å². The maximum atomic E-state index is 5.88. The molecule has 4 rings (SSSR count). The van der Waals surface area contributed by atoms with Crippen LogP contribution in [0.25, 0.3) is 0 Å². The summed E-state index contributed by atoms with van der Waals surface area (Å²) >= 11 is 0. The van der Waals surface area contributed by atoms with Gasteiger partial charge >= 0.3 is 0 Å². The van der Waals surface area contributed by atoms with Crippen LogP contribution in [0, 0.1) is 5.41 Å². The molecule has 0 amide bonds. The summed E-state index contributed by atoms with van der Waals surface area (Å²) in [7, 11) is 2.06. The summed E-state index contributed by atoms with van der Waals surface area (Å²) in [5, 5.41) is 16.6. The first-order valence-electron chi connectivity index (χ1n) is 8.47. The summed E-state index contributed by atoms with van der Waals surface area (Å²) in [5.74, 6) is 2.59. The van der Waals surface area contributed by atoms with Crippen LogP contribution in [0.3, 0.4) is 0 Å². The zero-order valence-electron chi connectivity index (χ0n) is 13.6. The van der Waals surface area contributed by atoms with Gasteiger partial charge in [-0.15, -0.1) is 10.2 Å². The maximum Gasteiger partial charge on any atom is 0.146 e. The molecule has 2 fully saturated rings. The van der Waals surface area contributed by atoms with E-state index < -0.39 is 0 Å². The molecule has 7 nitrogen and oxygen atoms in total. The Morgan fingerprint density at radius 3 is 2.83 bits per heavy atom. The molecule has 0 aliphatic heterocycles. The summed E-state index contributed by atoms with van der Waals surface area (Å²) < 4.78 is 4.17. The highest BCUT2D eigenvalue weighted by molar-refractivity contribution is 5.08. The van der Waals surface area contributed by atoms with Crippen LogP contribution in [0.1, 0.15) is 43.3 Å². The minimum Gasteiger partial charge on any atom is -0.328 e. The van der Waals surface area contributed by atoms with Gasteiger partial charge in [0.2, 0.25) is 0 Å². The Labute approximate surface area is 136 Å². The molecule has 23 heavy (non-hydrogen) atoms. The standard InChI is InChI=1S/C16H25N7/c1-22-14(20-21-15(22)12-7-13(17)8-12)9-18-10-16(3-4-16)11-23-6-2-5-19-23/h2,5-6,12-13,18H,3-4,7-11,17H2,1H3. The Hall–Kier alpha value is -1.73. The molecule has 3 N–H and O–H groups in total. The predicted octanol–water partition coefficient (Wildman–Crippen LogP) is 0.786. The highest BCUT2D eigenvalue weighted by Gasteiger charge is 2.42. The van der Waals surface area contributed by atoms with E-state index in [-0.39, 0.29) is 0 Å². The zero-order valence-corrected chi connectivity index (χ0v) is 13.6. The van der Waals surface area contributed by atoms with Crippen molar-refractivity contribution >= 4 is 0 Å². The lowest BCUT2D eigenvalue weighted by atomic mass is 9.80. The van der Waals surface area contributed by atoms with Gasteiger partial charge in [-0.25, -0.2) is 0 Å². The molecule has 0 bridgehead atoms. The minimum atomic E-state index is 0.343. The first kappa shape index (κ1) is 14.8. The second kappa shape index (κ2) is 5.72. The third-order valence-electron chi connectivity index (χ3n) is 5.34. The van der Waals surface area contributed by atoms with Crippen molar-refractivity contribution in [1.82, 2.24) is 29.9 Å². The van der Waals surface area contributed by atoms with E-state index >= 15 is 0 Å². The van der Waals surface area contributed by atoms with Gasteiger partial charge in [0.1, 0.15) is 11.6 Å². The van der Waals surface area contributed by atoms with Crippen molar-refractivity contribution < 1.29 is 0 Å². The number of rotatable bonds is 7. The molecule has 2 aliphatic rings. The van der Waals surface area contributed by atoms with E-state index in [9.17, 15) is 0 Å². The molecule has 7 heteroatoms. The van der Waals surface area contributed by atoms with Gasteiger partial charge < -0.3 is 15.6 Å². The monoisotopic (exact) mass is 315 g/mol. The zero-order chi connectivity index (χ0) is 15.9. The van der Waals surface area contributed by atoms with Crippen molar-refractivity contribution in [3.05, 3.63) is 30.1 Å². The van der Waals surface area contributed by atoms with Gasteiger partial charge in [-0.2, -0.15) is 5.10 Å². The Bertz CT molecular complexity index is 650. The topological polar surface area (TPSA) is 86.6 Å². The highest BCUT2D eigenvalue weighted by atomic mass is 15.3. The minimum absolute atomic E-state index is 0.343. The molecule has 0 spiro atoms. The molecule has 0 saturated heterocycles. The highest BCUT2D eigenvalue weighted by Crippen LogP contribution is 2.46. The smallest absolute Gasteiger partial charge is 0.146 e. The fourth-order valence-electron chi connectivity index (χ4n) is 3.50. The normalized spacial score (nSPS) is 25.3. The van der Waals surface area contributed by atoms with E-state index in [1.54, 1.807) is 0 Å². The van der Waals surface area contributed by atoms with Crippen molar-refractivity contribution in [2.24, 2.45) is 18.2 Å². The maximum absolute atomic E-state index is 5.88. The number of aromatic nitrogens is 5. The van der Waals surface area contributed by atoms with Crippen LogP contribution in [-0.2, 0) is 20.1 Å². The second-order valence-corrected chi connectivity index (χ2v) is 7.27. The fourth-order valence-corrected chi connectivity index (χ4v) is 3.50.